The van der Waals surface area contributed by atoms with E-state index in [9.17, 15) is 14.4 Å². The number of alkyl carbamates (subject to hydrolysis) is 1. The molecule has 290 valence electrons. The molecule has 0 spiro atoms. The van der Waals surface area contributed by atoms with Crippen LogP contribution >= 0.6 is 11.6 Å². The highest BCUT2D eigenvalue weighted by molar-refractivity contribution is 6.31. The Hall–Kier alpha value is -5.76. The summed E-state index contributed by atoms with van der Waals surface area (Å²) in [6.07, 6.45) is 10.8. The van der Waals surface area contributed by atoms with Crippen LogP contribution in [0, 0.1) is 23.7 Å². The molecule has 8 rings (SSSR count). The Morgan fingerprint density at radius 3 is 2.07 bits per heavy atom. The highest BCUT2D eigenvalue weighted by Crippen LogP contribution is 2.56. The molecular weight excluding hydrogens is 732 g/mol. The van der Waals surface area contributed by atoms with Crippen LogP contribution < -0.4 is 16.2 Å². The van der Waals surface area contributed by atoms with Crippen LogP contribution in [-0.2, 0) is 14.3 Å². The number of fused-ring (bicyclic) bond motifs is 2. The number of amides is 3. The molecule has 56 heavy (non-hydrogen) atoms. The van der Waals surface area contributed by atoms with Crippen molar-refractivity contribution >= 4 is 35.3 Å². The fourth-order valence-electron chi connectivity index (χ4n) is 8.85. The molecule has 6 atom stereocenters. The number of imidazole rings is 2. The molecule has 2 saturated carbocycles. The van der Waals surface area contributed by atoms with E-state index < -0.39 is 12.1 Å². The topological polar surface area (TPSA) is 183 Å². The maximum absolute atomic E-state index is 13.5. The number of hydrogen-bond donors (Lipinski definition) is 5. The lowest BCUT2D eigenvalue weighted by molar-refractivity contribution is -0.135. The number of rotatable bonds is 11. The summed E-state index contributed by atoms with van der Waals surface area (Å²) in [5.74, 6) is 2.03. The first-order chi connectivity index (χ1) is 27.2. The van der Waals surface area contributed by atoms with Crippen molar-refractivity contribution in [3.63, 3.8) is 0 Å². The summed E-state index contributed by atoms with van der Waals surface area (Å²) >= 11 is 6.12. The Bertz CT molecular complexity index is 2200. The van der Waals surface area contributed by atoms with E-state index in [1.807, 2.05) is 31.1 Å². The molecule has 1 aliphatic heterocycles. The number of halogens is 1. The van der Waals surface area contributed by atoms with Gasteiger partial charge in [0.15, 0.2) is 11.0 Å². The van der Waals surface area contributed by atoms with Crippen molar-refractivity contribution in [1.82, 2.24) is 45.5 Å². The summed E-state index contributed by atoms with van der Waals surface area (Å²) in [5, 5.41) is 2.89. The number of methoxy groups -OCH3 is 1. The van der Waals surface area contributed by atoms with Crippen molar-refractivity contribution in [3.05, 3.63) is 90.1 Å². The van der Waals surface area contributed by atoms with Gasteiger partial charge in [-0.1, -0.05) is 74.0 Å². The molecule has 0 radical (unpaired) electrons. The minimum atomic E-state index is -0.683. The normalized spacial score (nSPS) is 21.9. The van der Waals surface area contributed by atoms with Gasteiger partial charge in [-0.25, -0.2) is 24.7 Å². The molecule has 3 aromatic heterocycles. The number of likely N-dealkylation sites (tertiary alicyclic amines) is 1. The van der Waals surface area contributed by atoms with E-state index in [0.29, 0.717) is 24.2 Å². The number of hydrogen-bond acceptors (Lipinski definition) is 9. The molecule has 3 aliphatic rings. The molecule has 3 fully saturated rings. The van der Waals surface area contributed by atoms with Gasteiger partial charge in [-0.05, 0) is 72.1 Å². The van der Waals surface area contributed by atoms with Crippen molar-refractivity contribution in [3.8, 4) is 33.6 Å². The van der Waals surface area contributed by atoms with Crippen LogP contribution in [0.4, 0.5) is 10.6 Å². The lowest BCUT2D eigenvalue weighted by atomic mass is 9.78. The number of aromatic amines is 2. The van der Waals surface area contributed by atoms with Gasteiger partial charge in [0.1, 0.15) is 17.7 Å². The van der Waals surface area contributed by atoms with Crippen molar-refractivity contribution in [2.45, 2.75) is 64.0 Å². The Morgan fingerprint density at radius 2 is 1.43 bits per heavy atom. The van der Waals surface area contributed by atoms with Crippen LogP contribution in [0.15, 0.2) is 73.3 Å². The second-order valence-corrected chi connectivity index (χ2v) is 15.6. The number of carbonyl (C=O) groups is 3. The van der Waals surface area contributed by atoms with Gasteiger partial charge < -0.3 is 24.9 Å². The van der Waals surface area contributed by atoms with Crippen LogP contribution in [0.5, 0.6) is 0 Å². The fourth-order valence-corrected chi connectivity index (χ4v) is 9.01. The Kier molecular flexibility index (Phi) is 10.5. The molecule has 5 N–H and O–H groups in total. The quantitative estimate of drug-likeness (QED) is 0.0892. The number of ether oxygens (including phenoxy) is 1. The van der Waals surface area contributed by atoms with Gasteiger partial charge in [-0.15, -0.1) is 0 Å². The van der Waals surface area contributed by atoms with E-state index in [1.54, 1.807) is 0 Å². The molecule has 2 bridgehead atoms. The first-order valence-electron chi connectivity index (χ1n) is 19.2. The Labute approximate surface area is 329 Å². The van der Waals surface area contributed by atoms with E-state index in [0.717, 1.165) is 77.4 Å². The maximum atomic E-state index is 13.5. The Morgan fingerprint density at radius 1 is 0.821 bits per heavy atom. The third-order valence-electron chi connectivity index (χ3n) is 11.7. The van der Waals surface area contributed by atoms with Gasteiger partial charge in [0.05, 0.1) is 42.9 Å². The number of carbonyl (C=O) groups excluding carboxylic acids is 3. The molecule has 4 heterocycles. The van der Waals surface area contributed by atoms with Gasteiger partial charge in [0, 0.05) is 24.9 Å². The van der Waals surface area contributed by atoms with Crippen LogP contribution in [0.3, 0.4) is 0 Å². The van der Waals surface area contributed by atoms with Crippen LogP contribution in [0.1, 0.15) is 69.6 Å². The van der Waals surface area contributed by atoms with Crippen molar-refractivity contribution in [2.75, 3.05) is 19.1 Å². The minimum Gasteiger partial charge on any atom is -0.453 e. The molecule has 3 amide bonds. The molecular formula is C41H45ClN10O4. The van der Waals surface area contributed by atoms with E-state index in [1.165, 1.54) is 19.5 Å². The SMILES string of the molecule is COC(=O)N[C@H](C(=O)N1CCC[C@H]1c1ncc(-c2ccc(-c3ccc(-c4cnc(C5C6CCC(C6)C5C(=O)NNc5nccnc5Cl)[nH]4)cc3)cc2)[nH]1)C(C)C. The number of H-pyrrole nitrogens is 2. The zero-order chi connectivity index (χ0) is 38.9. The van der Waals surface area contributed by atoms with Crippen molar-refractivity contribution in [1.29, 1.82) is 0 Å². The fraction of sp³-hybridized carbons (Fsp3) is 0.390. The number of nitrogens with zero attached hydrogens (tertiary/aromatic N) is 5. The first kappa shape index (κ1) is 37.2. The summed E-state index contributed by atoms with van der Waals surface area (Å²) in [6, 6.07) is 15.8. The number of nitrogens with one attached hydrogen (secondary N) is 5. The third-order valence-corrected chi connectivity index (χ3v) is 11.9. The molecule has 15 heteroatoms. The second-order valence-electron chi connectivity index (χ2n) is 15.3. The standard InChI is InChI=1S/C41H45ClN10O4/c1-22(2)34(49-41(55)56-3)40(54)52-18-4-5-31(52)36-45-20-29(47-36)25-10-6-23(7-11-25)24-8-12-26(13-9-24)30-21-46-37(48-30)32-27-14-15-28(19-27)33(32)39(53)51-50-38-35(42)43-16-17-44-38/h6-13,16-17,20-22,27-28,31-34H,4-5,14-15,18-19H2,1-3H3,(H,44,50)(H,45,47)(H,46,48)(H,49,55)(H,51,53)/t27?,28?,31-,32?,33?,34-/m0/s1. The van der Waals surface area contributed by atoms with E-state index in [2.05, 4.69) is 89.6 Å². The highest BCUT2D eigenvalue weighted by atomic mass is 35.5. The smallest absolute Gasteiger partial charge is 0.407 e. The van der Waals surface area contributed by atoms with Crippen LogP contribution in [-0.4, -0.2) is 72.4 Å². The predicted octanol–water partition coefficient (Wildman–Crippen LogP) is 6.89. The zero-order valence-corrected chi connectivity index (χ0v) is 32.2. The van der Waals surface area contributed by atoms with Crippen LogP contribution in [0.2, 0.25) is 5.15 Å². The first-order valence-corrected chi connectivity index (χ1v) is 19.5. The van der Waals surface area contributed by atoms with E-state index in [4.69, 9.17) is 21.3 Å². The molecule has 14 nitrogen and oxygen atoms in total. The Balaban J connectivity index is 0.918. The zero-order valence-electron chi connectivity index (χ0n) is 31.5. The highest BCUT2D eigenvalue weighted by Gasteiger charge is 2.52. The number of anilines is 1. The van der Waals surface area contributed by atoms with Crippen molar-refractivity contribution in [2.24, 2.45) is 23.7 Å². The summed E-state index contributed by atoms with van der Waals surface area (Å²) in [7, 11) is 1.29. The molecule has 2 aliphatic carbocycles. The molecule has 2 aromatic carbocycles. The summed E-state index contributed by atoms with van der Waals surface area (Å²) in [6.45, 7) is 4.41. The average molecular weight is 777 g/mol. The minimum absolute atomic E-state index is 0.00229. The summed E-state index contributed by atoms with van der Waals surface area (Å²) in [5.41, 5.74) is 11.6. The summed E-state index contributed by atoms with van der Waals surface area (Å²) in [4.78, 5) is 65.4. The monoisotopic (exact) mass is 776 g/mol. The third kappa shape index (κ3) is 7.32. The van der Waals surface area contributed by atoms with Crippen LogP contribution in [0.25, 0.3) is 33.6 Å². The number of hydrazine groups is 1. The largest absolute Gasteiger partial charge is 0.453 e. The molecule has 1 saturated heterocycles. The van der Waals surface area contributed by atoms with Gasteiger partial charge in [0.2, 0.25) is 11.8 Å². The van der Waals surface area contributed by atoms with E-state index in [-0.39, 0.29) is 40.8 Å². The maximum Gasteiger partial charge on any atom is 0.407 e. The second kappa shape index (κ2) is 15.8. The van der Waals surface area contributed by atoms with Gasteiger partial charge in [0.25, 0.3) is 0 Å². The van der Waals surface area contributed by atoms with Gasteiger partial charge in [-0.3, -0.25) is 20.4 Å². The average Bonchev–Trinajstić information content (AvgIpc) is 4.08. The lowest BCUT2D eigenvalue weighted by Gasteiger charge is -2.30. The molecule has 4 unspecified atom stereocenters. The summed E-state index contributed by atoms with van der Waals surface area (Å²) < 4.78 is 4.76. The molecule has 5 aromatic rings. The van der Waals surface area contributed by atoms with E-state index >= 15 is 0 Å². The number of benzene rings is 2. The number of aromatic nitrogens is 6. The lowest BCUT2D eigenvalue weighted by Crippen LogP contribution is -2.51. The predicted molar refractivity (Wildman–Crippen MR) is 211 cm³/mol. The van der Waals surface area contributed by atoms with Gasteiger partial charge in [-0.2, -0.15) is 0 Å². The van der Waals surface area contributed by atoms with Gasteiger partial charge >= 0.3 is 6.09 Å². The van der Waals surface area contributed by atoms with Crippen molar-refractivity contribution < 1.29 is 19.1 Å².